The normalized spacial score (nSPS) is 30.9. The predicted octanol–water partition coefficient (Wildman–Crippen LogP) is 3.82. The maximum absolute atomic E-state index is 12.9. The molecule has 0 aromatic heterocycles. The molecule has 0 N–H and O–H groups in total. The Morgan fingerprint density at radius 2 is 1.55 bits per heavy atom. The Kier molecular flexibility index (Phi) is 5.78. The molecule has 1 aliphatic heterocycles. The predicted molar refractivity (Wildman–Crippen MR) is 90.8 cm³/mol. The Morgan fingerprint density at radius 3 is 2.32 bits per heavy atom. The number of hydrogen-bond acceptors (Lipinski definition) is 2. The highest BCUT2D eigenvalue weighted by molar-refractivity contribution is 5.78. The molecule has 22 heavy (non-hydrogen) atoms. The molecule has 2 atom stereocenters. The molecule has 3 heteroatoms. The maximum Gasteiger partial charge on any atom is 0.237 e. The van der Waals surface area contributed by atoms with Crippen LogP contribution in [-0.2, 0) is 4.79 Å². The summed E-state index contributed by atoms with van der Waals surface area (Å²) in [6, 6.07) is 1.20. The molecule has 3 aliphatic rings. The number of piperidine rings is 1. The van der Waals surface area contributed by atoms with Gasteiger partial charge in [-0.1, -0.05) is 38.5 Å². The van der Waals surface area contributed by atoms with E-state index in [0.29, 0.717) is 24.5 Å². The zero-order valence-corrected chi connectivity index (χ0v) is 14.4. The van der Waals surface area contributed by atoms with Crippen LogP contribution in [0, 0.1) is 5.92 Å². The number of rotatable bonds is 3. The van der Waals surface area contributed by atoms with Crippen molar-refractivity contribution in [3.8, 4) is 0 Å². The van der Waals surface area contributed by atoms with E-state index in [2.05, 4.69) is 16.8 Å². The second-order valence-corrected chi connectivity index (χ2v) is 7.90. The number of carbonyl (C=O) groups excluding carboxylic acids is 1. The van der Waals surface area contributed by atoms with Crippen LogP contribution in [0.15, 0.2) is 0 Å². The highest BCUT2D eigenvalue weighted by atomic mass is 16.2. The highest BCUT2D eigenvalue weighted by Crippen LogP contribution is 2.35. The first-order chi connectivity index (χ1) is 10.8. The third-order valence-corrected chi connectivity index (χ3v) is 6.40. The largest absolute Gasteiger partial charge is 0.338 e. The van der Waals surface area contributed by atoms with E-state index in [1.807, 2.05) is 0 Å². The first-order valence-corrected chi connectivity index (χ1v) is 9.75. The topological polar surface area (TPSA) is 23.6 Å². The third-order valence-electron chi connectivity index (χ3n) is 6.40. The van der Waals surface area contributed by atoms with Crippen LogP contribution in [0.4, 0.5) is 0 Å². The minimum Gasteiger partial charge on any atom is -0.338 e. The van der Waals surface area contributed by atoms with E-state index < -0.39 is 0 Å². The van der Waals surface area contributed by atoms with Crippen LogP contribution in [0.5, 0.6) is 0 Å². The van der Waals surface area contributed by atoms with Gasteiger partial charge in [0.25, 0.3) is 0 Å². The van der Waals surface area contributed by atoms with E-state index in [-0.39, 0.29) is 0 Å². The van der Waals surface area contributed by atoms with Gasteiger partial charge in [0.1, 0.15) is 0 Å². The fourth-order valence-electron chi connectivity index (χ4n) is 5.07. The van der Waals surface area contributed by atoms with Crippen molar-refractivity contribution in [2.45, 2.75) is 89.1 Å². The lowest BCUT2D eigenvalue weighted by atomic mass is 9.78. The monoisotopic (exact) mass is 306 g/mol. The minimum atomic E-state index is 0.406. The number of fused-ring (bicyclic) bond motifs is 1. The van der Waals surface area contributed by atoms with Gasteiger partial charge in [0.05, 0.1) is 6.54 Å². The summed E-state index contributed by atoms with van der Waals surface area (Å²) in [5, 5.41) is 0. The van der Waals surface area contributed by atoms with Crippen LogP contribution in [0.1, 0.15) is 77.0 Å². The quantitative estimate of drug-likeness (QED) is 0.740. The minimum absolute atomic E-state index is 0.406. The summed E-state index contributed by atoms with van der Waals surface area (Å²) in [6.45, 7) is 1.66. The standard InChI is InChI=1S/C19H34N2O/c1-20(17-11-4-2-3-5-12-17)15-19(22)21-14-8-10-16-9-6-7-13-18(16)21/h16-18H,2-15H2,1H3. The molecule has 0 radical (unpaired) electrons. The molecule has 1 amide bonds. The molecule has 3 nitrogen and oxygen atoms in total. The molecule has 0 aromatic carbocycles. The smallest absolute Gasteiger partial charge is 0.237 e. The van der Waals surface area contributed by atoms with Gasteiger partial charge >= 0.3 is 0 Å². The second-order valence-electron chi connectivity index (χ2n) is 7.90. The highest BCUT2D eigenvalue weighted by Gasteiger charge is 2.36. The van der Waals surface area contributed by atoms with Crippen molar-refractivity contribution in [3.05, 3.63) is 0 Å². The zero-order chi connectivity index (χ0) is 15.4. The SMILES string of the molecule is CN(CC(=O)N1CCCC2CCCCC21)C1CCCCCC1. The molecule has 3 rings (SSSR count). The number of hydrogen-bond donors (Lipinski definition) is 0. The Bertz CT molecular complexity index is 360. The Hall–Kier alpha value is -0.570. The molecule has 126 valence electrons. The van der Waals surface area contributed by atoms with Crippen LogP contribution >= 0.6 is 0 Å². The van der Waals surface area contributed by atoms with Gasteiger partial charge < -0.3 is 4.90 Å². The molecular weight excluding hydrogens is 272 g/mol. The average Bonchev–Trinajstić information content (AvgIpc) is 2.83. The fourth-order valence-corrected chi connectivity index (χ4v) is 5.07. The lowest BCUT2D eigenvalue weighted by Crippen LogP contribution is -2.52. The van der Waals surface area contributed by atoms with Crippen molar-refractivity contribution in [2.75, 3.05) is 20.1 Å². The molecule has 2 saturated carbocycles. The van der Waals surface area contributed by atoms with Gasteiger partial charge in [-0.05, 0) is 51.5 Å². The van der Waals surface area contributed by atoms with Gasteiger partial charge in [-0.3, -0.25) is 9.69 Å². The van der Waals surface area contributed by atoms with Gasteiger partial charge in [-0.25, -0.2) is 0 Å². The summed E-state index contributed by atoms with van der Waals surface area (Å²) in [5.41, 5.74) is 0. The summed E-state index contributed by atoms with van der Waals surface area (Å²) in [4.78, 5) is 17.5. The van der Waals surface area contributed by atoms with E-state index in [0.717, 1.165) is 12.5 Å². The molecule has 0 aromatic rings. The summed E-state index contributed by atoms with van der Waals surface area (Å²) < 4.78 is 0. The first-order valence-electron chi connectivity index (χ1n) is 9.75. The molecule has 1 saturated heterocycles. The lowest BCUT2D eigenvalue weighted by molar-refractivity contribution is -0.139. The molecule has 0 spiro atoms. The van der Waals surface area contributed by atoms with Gasteiger partial charge in [-0.2, -0.15) is 0 Å². The number of likely N-dealkylation sites (N-methyl/N-ethyl adjacent to an activating group) is 1. The summed E-state index contributed by atoms with van der Waals surface area (Å²) in [6.07, 6.45) is 15.9. The van der Waals surface area contributed by atoms with Crippen molar-refractivity contribution >= 4 is 5.91 Å². The van der Waals surface area contributed by atoms with Crippen LogP contribution in [-0.4, -0.2) is 47.9 Å². The second kappa shape index (κ2) is 7.81. The van der Waals surface area contributed by atoms with Crippen LogP contribution in [0.3, 0.4) is 0 Å². The van der Waals surface area contributed by atoms with Crippen LogP contribution in [0.25, 0.3) is 0 Å². The van der Waals surface area contributed by atoms with Gasteiger partial charge in [-0.15, -0.1) is 0 Å². The molecule has 2 aliphatic carbocycles. The van der Waals surface area contributed by atoms with E-state index >= 15 is 0 Å². The van der Waals surface area contributed by atoms with Crippen molar-refractivity contribution < 1.29 is 4.79 Å². The Balaban J connectivity index is 1.55. The Labute approximate surface area is 136 Å². The van der Waals surface area contributed by atoms with Crippen molar-refractivity contribution in [2.24, 2.45) is 5.92 Å². The van der Waals surface area contributed by atoms with E-state index in [9.17, 15) is 4.79 Å². The number of likely N-dealkylation sites (tertiary alicyclic amines) is 1. The summed E-state index contributed by atoms with van der Waals surface area (Å²) in [7, 11) is 2.18. The van der Waals surface area contributed by atoms with Crippen molar-refractivity contribution in [3.63, 3.8) is 0 Å². The van der Waals surface area contributed by atoms with Gasteiger partial charge in [0.15, 0.2) is 0 Å². The van der Waals surface area contributed by atoms with Crippen LogP contribution < -0.4 is 0 Å². The average molecular weight is 306 g/mol. The van der Waals surface area contributed by atoms with E-state index in [4.69, 9.17) is 0 Å². The molecule has 3 fully saturated rings. The molecular formula is C19H34N2O. The van der Waals surface area contributed by atoms with E-state index in [1.165, 1.54) is 77.0 Å². The summed E-state index contributed by atoms with van der Waals surface area (Å²) in [5.74, 6) is 1.21. The number of amides is 1. The molecule has 0 bridgehead atoms. The lowest BCUT2D eigenvalue weighted by Gasteiger charge is -2.44. The molecule has 2 unspecified atom stereocenters. The number of nitrogens with zero attached hydrogens (tertiary/aromatic N) is 2. The van der Waals surface area contributed by atoms with Crippen molar-refractivity contribution in [1.82, 2.24) is 9.80 Å². The summed E-state index contributed by atoms with van der Waals surface area (Å²) >= 11 is 0. The van der Waals surface area contributed by atoms with Crippen LogP contribution in [0.2, 0.25) is 0 Å². The van der Waals surface area contributed by atoms with Gasteiger partial charge in [0, 0.05) is 18.6 Å². The van der Waals surface area contributed by atoms with E-state index in [1.54, 1.807) is 0 Å². The Morgan fingerprint density at radius 1 is 0.909 bits per heavy atom. The first kappa shape index (κ1) is 16.3. The van der Waals surface area contributed by atoms with Crippen molar-refractivity contribution in [1.29, 1.82) is 0 Å². The fraction of sp³-hybridized carbons (Fsp3) is 0.947. The van der Waals surface area contributed by atoms with Gasteiger partial charge in [0.2, 0.25) is 5.91 Å². The maximum atomic E-state index is 12.9. The third kappa shape index (κ3) is 3.84. The molecule has 1 heterocycles. The zero-order valence-electron chi connectivity index (χ0n) is 14.4. The number of carbonyl (C=O) groups is 1.